The Morgan fingerprint density at radius 1 is 1.14 bits per heavy atom. The lowest BCUT2D eigenvalue weighted by atomic mass is 9.92. The van der Waals surface area contributed by atoms with Crippen LogP contribution in [0.1, 0.15) is 12.8 Å². The van der Waals surface area contributed by atoms with E-state index in [4.69, 9.17) is 10.2 Å². The van der Waals surface area contributed by atoms with Gasteiger partial charge < -0.3 is 15.1 Å². The number of aliphatic carboxylic acids is 1. The van der Waals surface area contributed by atoms with E-state index in [0.29, 0.717) is 12.5 Å². The molecule has 0 aromatic carbocycles. The summed E-state index contributed by atoms with van der Waals surface area (Å²) in [7, 11) is 0. The van der Waals surface area contributed by atoms with E-state index in [9.17, 15) is 9.59 Å². The topological polar surface area (TPSA) is 77.8 Å². The van der Waals surface area contributed by atoms with Gasteiger partial charge in [-0.2, -0.15) is 0 Å². The van der Waals surface area contributed by atoms with Gasteiger partial charge >= 0.3 is 12.1 Å². The Morgan fingerprint density at radius 2 is 1.79 bits per heavy atom. The number of amides is 1. The molecular weight excluding hydrogens is 186 g/mol. The van der Waals surface area contributed by atoms with Crippen molar-refractivity contribution in [2.75, 3.05) is 13.1 Å². The number of hydrogen-bond acceptors (Lipinski definition) is 2. The van der Waals surface area contributed by atoms with Gasteiger partial charge in [0, 0.05) is 13.1 Å². The monoisotopic (exact) mass is 199 g/mol. The zero-order chi connectivity index (χ0) is 10.3. The average Bonchev–Trinajstić information content (AvgIpc) is 2.83. The van der Waals surface area contributed by atoms with Crippen molar-refractivity contribution in [1.82, 2.24) is 4.90 Å². The maximum atomic E-state index is 10.9. The lowest BCUT2D eigenvalue weighted by Crippen LogP contribution is -2.28. The molecule has 5 nitrogen and oxygen atoms in total. The molecule has 0 spiro atoms. The van der Waals surface area contributed by atoms with Crippen LogP contribution in [0, 0.1) is 17.8 Å². The molecule has 5 heteroatoms. The van der Waals surface area contributed by atoms with Crippen molar-refractivity contribution in [3.8, 4) is 0 Å². The number of carboxylic acid groups (broad SMARTS) is 2. The Kier molecular flexibility index (Phi) is 2.09. The predicted molar refractivity (Wildman–Crippen MR) is 46.9 cm³/mol. The first-order valence-electron chi connectivity index (χ1n) is 4.80. The standard InChI is InChI=1S/C9H13NO4/c11-8(12)7-4-10(9(13)14)3-6(7)5-1-2-5/h5-7H,1-4H2,(H,11,12)(H,13,14)/t6-,7+/m0/s1. The van der Waals surface area contributed by atoms with Crippen molar-refractivity contribution in [2.24, 2.45) is 17.8 Å². The molecule has 1 amide bonds. The zero-order valence-electron chi connectivity index (χ0n) is 7.72. The van der Waals surface area contributed by atoms with Crippen LogP contribution in [0.2, 0.25) is 0 Å². The molecule has 1 saturated heterocycles. The van der Waals surface area contributed by atoms with E-state index < -0.39 is 18.0 Å². The largest absolute Gasteiger partial charge is 0.481 e. The first-order chi connectivity index (χ1) is 6.59. The maximum absolute atomic E-state index is 10.9. The summed E-state index contributed by atoms with van der Waals surface area (Å²) in [5.74, 6) is -0.853. The van der Waals surface area contributed by atoms with E-state index in [1.165, 1.54) is 4.90 Å². The molecule has 78 valence electrons. The van der Waals surface area contributed by atoms with Crippen molar-refractivity contribution >= 4 is 12.1 Å². The summed E-state index contributed by atoms with van der Waals surface area (Å²) in [4.78, 5) is 22.8. The van der Waals surface area contributed by atoms with Crippen molar-refractivity contribution in [3.63, 3.8) is 0 Å². The molecule has 0 bridgehead atoms. The number of likely N-dealkylation sites (tertiary alicyclic amines) is 1. The Labute approximate surface area is 81.3 Å². The molecule has 1 saturated carbocycles. The summed E-state index contributed by atoms with van der Waals surface area (Å²) in [6.07, 6.45) is 1.11. The smallest absolute Gasteiger partial charge is 0.407 e. The molecule has 1 aliphatic heterocycles. The van der Waals surface area contributed by atoms with Crippen molar-refractivity contribution in [3.05, 3.63) is 0 Å². The minimum absolute atomic E-state index is 0.0450. The van der Waals surface area contributed by atoms with Gasteiger partial charge in [-0.15, -0.1) is 0 Å². The highest BCUT2D eigenvalue weighted by molar-refractivity contribution is 5.74. The number of rotatable bonds is 2. The van der Waals surface area contributed by atoms with Gasteiger partial charge in [-0.3, -0.25) is 4.79 Å². The third-order valence-corrected chi connectivity index (χ3v) is 3.18. The van der Waals surface area contributed by atoms with Gasteiger partial charge in [-0.1, -0.05) is 0 Å². The van der Waals surface area contributed by atoms with Gasteiger partial charge in [0.05, 0.1) is 5.92 Å². The first-order valence-corrected chi connectivity index (χ1v) is 4.80. The van der Waals surface area contributed by atoms with E-state index in [-0.39, 0.29) is 12.5 Å². The minimum atomic E-state index is -1.00. The van der Waals surface area contributed by atoms with Crippen LogP contribution in [0.5, 0.6) is 0 Å². The minimum Gasteiger partial charge on any atom is -0.481 e. The summed E-state index contributed by atoms with van der Waals surface area (Å²) in [6.45, 7) is 0.558. The molecule has 0 aromatic rings. The van der Waals surface area contributed by atoms with Gasteiger partial charge in [-0.25, -0.2) is 4.79 Å². The third kappa shape index (κ3) is 1.54. The SMILES string of the molecule is O=C(O)[C@@H]1CN(C(=O)O)C[C@H]1C1CC1. The molecule has 2 rings (SSSR count). The lowest BCUT2D eigenvalue weighted by Gasteiger charge is -2.11. The molecule has 1 heterocycles. The zero-order valence-corrected chi connectivity index (χ0v) is 7.72. The van der Waals surface area contributed by atoms with Crippen LogP contribution in [0.3, 0.4) is 0 Å². The highest BCUT2D eigenvalue weighted by atomic mass is 16.4. The summed E-state index contributed by atoms with van der Waals surface area (Å²) < 4.78 is 0. The number of hydrogen-bond donors (Lipinski definition) is 2. The van der Waals surface area contributed by atoms with E-state index in [2.05, 4.69) is 0 Å². The molecule has 0 aromatic heterocycles. The predicted octanol–water partition coefficient (Wildman–Crippen LogP) is 0.707. The van der Waals surface area contributed by atoms with Crippen LogP contribution in [-0.4, -0.2) is 40.3 Å². The highest BCUT2D eigenvalue weighted by Gasteiger charge is 2.46. The first kappa shape index (κ1) is 9.30. The second kappa shape index (κ2) is 3.15. The van der Waals surface area contributed by atoms with Crippen LogP contribution >= 0.6 is 0 Å². The fourth-order valence-electron chi connectivity index (χ4n) is 2.25. The molecule has 2 aliphatic rings. The quantitative estimate of drug-likeness (QED) is 0.686. The van der Waals surface area contributed by atoms with E-state index in [1.54, 1.807) is 0 Å². The molecular formula is C9H13NO4. The summed E-state index contributed by atoms with van der Waals surface area (Å²) >= 11 is 0. The second-order valence-electron chi connectivity index (χ2n) is 4.13. The van der Waals surface area contributed by atoms with Gasteiger partial charge in [0.25, 0.3) is 0 Å². The average molecular weight is 199 g/mol. The number of carboxylic acids is 1. The molecule has 0 unspecified atom stereocenters. The van der Waals surface area contributed by atoms with Crippen molar-refractivity contribution < 1.29 is 19.8 Å². The maximum Gasteiger partial charge on any atom is 0.407 e. The number of carbonyl (C=O) groups is 2. The highest BCUT2D eigenvalue weighted by Crippen LogP contribution is 2.43. The lowest BCUT2D eigenvalue weighted by molar-refractivity contribution is -0.142. The van der Waals surface area contributed by atoms with E-state index in [0.717, 1.165) is 12.8 Å². The second-order valence-corrected chi connectivity index (χ2v) is 4.13. The van der Waals surface area contributed by atoms with Gasteiger partial charge in [-0.05, 0) is 24.7 Å². The van der Waals surface area contributed by atoms with E-state index >= 15 is 0 Å². The molecule has 2 atom stereocenters. The Bertz CT molecular complexity index is 274. The Balaban J connectivity index is 2.07. The fraction of sp³-hybridized carbons (Fsp3) is 0.778. The van der Waals surface area contributed by atoms with E-state index in [1.807, 2.05) is 0 Å². The van der Waals surface area contributed by atoms with Gasteiger partial charge in [0.2, 0.25) is 0 Å². The summed E-state index contributed by atoms with van der Waals surface area (Å²) in [5, 5.41) is 17.7. The van der Waals surface area contributed by atoms with Crippen LogP contribution in [0.15, 0.2) is 0 Å². The van der Waals surface area contributed by atoms with Gasteiger partial charge in [0.1, 0.15) is 0 Å². The van der Waals surface area contributed by atoms with Crippen LogP contribution in [0.4, 0.5) is 4.79 Å². The molecule has 14 heavy (non-hydrogen) atoms. The fourth-order valence-corrected chi connectivity index (χ4v) is 2.25. The summed E-state index contributed by atoms with van der Waals surface area (Å²) in [6, 6.07) is 0. The normalized spacial score (nSPS) is 31.9. The molecule has 2 N–H and O–H groups in total. The molecule has 2 fully saturated rings. The molecule has 1 aliphatic carbocycles. The third-order valence-electron chi connectivity index (χ3n) is 3.18. The Hall–Kier alpha value is -1.26. The van der Waals surface area contributed by atoms with Crippen LogP contribution in [0.25, 0.3) is 0 Å². The summed E-state index contributed by atoms with van der Waals surface area (Å²) in [5.41, 5.74) is 0. The number of nitrogens with zero attached hydrogens (tertiary/aromatic N) is 1. The van der Waals surface area contributed by atoms with Gasteiger partial charge in [0.15, 0.2) is 0 Å². The van der Waals surface area contributed by atoms with Crippen LogP contribution in [-0.2, 0) is 4.79 Å². The van der Waals surface area contributed by atoms with Crippen molar-refractivity contribution in [1.29, 1.82) is 0 Å². The van der Waals surface area contributed by atoms with Crippen molar-refractivity contribution in [2.45, 2.75) is 12.8 Å². The molecule has 0 radical (unpaired) electrons. The van der Waals surface area contributed by atoms with Crippen LogP contribution < -0.4 is 0 Å². The Morgan fingerprint density at radius 3 is 2.21 bits per heavy atom.